The van der Waals surface area contributed by atoms with Crippen LogP contribution >= 0.6 is 0 Å². The first-order chi connectivity index (χ1) is 8.13. The summed E-state index contributed by atoms with van der Waals surface area (Å²) in [5.41, 5.74) is 0. The first kappa shape index (κ1) is 16.4. The summed E-state index contributed by atoms with van der Waals surface area (Å²) in [5, 5.41) is 17.9. The SMILES string of the molecule is CCCCC(CCCC(CC)CO)CC(=O)O. The summed E-state index contributed by atoms with van der Waals surface area (Å²) >= 11 is 0. The van der Waals surface area contributed by atoms with Gasteiger partial charge in [0.25, 0.3) is 0 Å². The predicted molar refractivity (Wildman–Crippen MR) is 70.0 cm³/mol. The molecule has 0 radical (unpaired) electrons. The van der Waals surface area contributed by atoms with Crippen molar-refractivity contribution in [2.75, 3.05) is 6.61 Å². The molecule has 0 saturated carbocycles. The van der Waals surface area contributed by atoms with Gasteiger partial charge in [-0.2, -0.15) is 0 Å². The molecule has 0 aliphatic heterocycles. The molecule has 0 saturated heterocycles. The maximum Gasteiger partial charge on any atom is 0.303 e. The summed E-state index contributed by atoms with van der Waals surface area (Å²) in [7, 11) is 0. The van der Waals surface area contributed by atoms with E-state index >= 15 is 0 Å². The fraction of sp³-hybridized carbons (Fsp3) is 0.929. The molecule has 0 aromatic rings. The highest BCUT2D eigenvalue weighted by Crippen LogP contribution is 2.22. The van der Waals surface area contributed by atoms with Crippen LogP contribution in [0.3, 0.4) is 0 Å². The first-order valence-electron chi connectivity index (χ1n) is 6.96. The van der Waals surface area contributed by atoms with Gasteiger partial charge in [-0.3, -0.25) is 4.79 Å². The highest BCUT2D eigenvalue weighted by Gasteiger charge is 2.13. The van der Waals surface area contributed by atoms with E-state index in [1.165, 1.54) is 0 Å². The van der Waals surface area contributed by atoms with Gasteiger partial charge in [0.2, 0.25) is 0 Å². The smallest absolute Gasteiger partial charge is 0.303 e. The van der Waals surface area contributed by atoms with E-state index in [1.807, 2.05) is 0 Å². The van der Waals surface area contributed by atoms with E-state index in [1.54, 1.807) is 0 Å². The Kier molecular flexibility index (Phi) is 10.2. The van der Waals surface area contributed by atoms with Crippen molar-refractivity contribution in [2.45, 2.75) is 65.2 Å². The Morgan fingerprint density at radius 2 is 1.65 bits per heavy atom. The Morgan fingerprint density at radius 1 is 1.06 bits per heavy atom. The molecule has 17 heavy (non-hydrogen) atoms. The van der Waals surface area contributed by atoms with Gasteiger partial charge in [-0.1, -0.05) is 39.5 Å². The Labute approximate surface area is 105 Å². The van der Waals surface area contributed by atoms with Crippen LogP contribution in [0, 0.1) is 11.8 Å². The Hall–Kier alpha value is -0.570. The van der Waals surface area contributed by atoms with E-state index in [9.17, 15) is 4.79 Å². The van der Waals surface area contributed by atoms with E-state index in [0.717, 1.165) is 44.9 Å². The topological polar surface area (TPSA) is 57.5 Å². The van der Waals surface area contributed by atoms with Crippen LogP contribution in [0.15, 0.2) is 0 Å². The first-order valence-corrected chi connectivity index (χ1v) is 6.96. The van der Waals surface area contributed by atoms with Crippen LogP contribution in [0.4, 0.5) is 0 Å². The van der Waals surface area contributed by atoms with Crippen molar-refractivity contribution in [2.24, 2.45) is 11.8 Å². The number of carbonyl (C=O) groups is 1. The van der Waals surface area contributed by atoms with Gasteiger partial charge in [-0.25, -0.2) is 0 Å². The summed E-state index contributed by atoms with van der Waals surface area (Å²) in [6.45, 7) is 4.48. The summed E-state index contributed by atoms with van der Waals surface area (Å²) in [5.74, 6) is 0.0376. The highest BCUT2D eigenvalue weighted by atomic mass is 16.4. The van der Waals surface area contributed by atoms with Gasteiger partial charge in [0, 0.05) is 13.0 Å². The zero-order chi connectivity index (χ0) is 13.1. The second-order valence-electron chi connectivity index (χ2n) is 4.99. The average Bonchev–Trinajstić information content (AvgIpc) is 2.30. The molecule has 2 unspecified atom stereocenters. The number of carboxylic acid groups (broad SMARTS) is 1. The fourth-order valence-electron chi connectivity index (χ4n) is 2.21. The molecule has 0 bridgehead atoms. The second kappa shape index (κ2) is 10.6. The third-order valence-corrected chi connectivity index (χ3v) is 3.49. The normalized spacial score (nSPS) is 14.5. The van der Waals surface area contributed by atoms with Gasteiger partial charge in [-0.15, -0.1) is 0 Å². The lowest BCUT2D eigenvalue weighted by molar-refractivity contribution is -0.138. The molecule has 0 rings (SSSR count). The van der Waals surface area contributed by atoms with Crippen molar-refractivity contribution in [1.82, 2.24) is 0 Å². The van der Waals surface area contributed by atoms with Crippen LogP contribution in [-0.4, -0.2) is 22.8 Å². The van der Waals surface area contributed by atoms with Crippen molar-refractivity contribution in [1.29, 1.82) is 0 Å². The lowest BCUT2D eigenvalue weighted by Crippen LogP contribution is -2.10. The lowest BCUT2D eigenvalue weighted by atomic mass is 9.90. The molecule has 0 aliphatic carbocycles. The Balaban J connectivity index is 3.85. The Bertz CT molecular complexity index is 188. The number of carboxylic acids is 1. The quantitative estimate of drug-likeness (QED) is 0.585. The zero-order valence-electron chi connectivity index (χ0n) is 11.3. The van der Waals surface area contributed by atoms with Crippen molar-refractivity contribution >= 4 is 5.97 Å². The van der Waals surface area contributed by atoms with E-state index < -0.39 is 5.97 Å². The third kappa shape index (κ3) is 9.16. The zero-order valence-corrected chi connectivity index (χ0v) is 11.3. The molecule has 0 amide bonds. The molecule has 0 aromatic carbocycles. The van der Waals surface area contributed by atoms with Gasteiger partial charge < -0.3 is 10.2 Å². The molecular formula is C14H28O3. The van der Waals surface area contributed by atoms with E-state index in [-0.39, 0.29) is 6.61 Å². The van der Waals surface area contributed by atoms with Crippen LogP contribution in [0.2, 0.25) is 0 Å². The summed E-state index contributed by atoms with van der Waals surface area (Å²) < 4.78 is 0. The number of rotatable bonds is 11. The molecule has 3 nitrogen and oxygen atoms in total. The molecule has 3 heteroatoms. The van der Waals surface area contributed by atoms with Crippen LogP contribution in [0.5, 0.6) is 0 Å². The van der Waals surface area contributed by atoms with Gasteiger partial charge in [0.05, 0.1) is 0 Å². The predicted octanol–water partition coefficient (Wildman–Crippen LogP) is 3.46. The summed E-state index contributed by atoms with van der Waals surface area (Å²) in [4.78, 5) is 10.7. The van der Waals surface area contributed by atoms with E-state index in [2.05, 4.69) is 13.8 Å². The van der Waals surface area contributed by atoms with Crippen molar-refractivity contribution in [3.8, 4) is 0 Å². The van der Waals surface area contributed by atoms with E-state index in [4.69, 9.17) is 10.2 Å². The summed E-state index contributed by atoms with van der Waals surface area (Å²) in [6, 6.07) is 0. The minimum Gasteiger partial charge on any atom is -0.481 e. The molecule has 0 aromatic heterocycles. The second-order valence-corrected chi connectivity index (χ2v) is 4.99. The molecule has 0 aliphatic rings. The molecule has 0 heterocycles. The number of aliphatic hydroxyl groups excluding tert-OH is 1. The number of unbranched alkanes of at least 4 members (excludes halogenated alkanes) is 1. The monoisotopic (exact) mass is 244 g/mol. The molecule has 0 spiro atoms. The number of hydrogen-bond acceptors (Lipinski definition) is 2. The Morgan fingerprint density at radius 3 is 2.12 bits per heavy atom. The van der Waals surface area contributed by atoms with Crippen LogP contribution in [-0.2, 0) is 4.79 Å². The number of aliphatic carboxylic acids is 1. The van der Waals surface area contributed by atoms with Crippen LogP contribution < -0.4 is 0 Å². The van der Waals surface area contributed by atoms with Crippen molar-refractivity contribution in [3.05, 3.63) is 0 Å². The minimum atomic E-state index is -0.680. The standard InChI is InChI=1S/C14H28O3/c1-3-5-7-13(10-14(16)17)9-6-8-12(4-2)11-15/h12-13,15H,3-11H2,1-2H3,(H,16,17). The lowest BCUT2D eigenvalue weighted by Gasteiger charge is -2.16. The molecule has 0 fully saturated rings. The highest BCUT2D eigenvalue weighted by molar-refractivity contribution is 5.66. The number of aliphatic hydroxyl groups is 1. The minimum absolute atomic E-state index is 0.259. The van der Waals surface area contributed by atoms with Gasteiger partial charge in [0.1, 0.15) is 0 Å². The largest absolute Gasteiger partial charge is 0.481 e. The maximum absolute atomic E-state index is 10.7. The van der Waals surface area contributed by atoms with Gasteiger partial charge >= 0.3 is 5.97 Å². The average molecular weight is 244 g/mol. The molecular weight excluding hydrogens is 216 g/mol. The molecule has 2 atom stereocenters. The van der Waals surface area contributed by atoms with Crippen molar-refractivity contribution in [3.63, 3.8) is 0 Å². The van der Waals surface area contributed by atoms with Crippen molar-refractivity contribution < 1.29 is 15.0 Å². The number of hydrogen-bond donors (Lipinski definition) is 2. The maximum atomic E-state index is 10.7. The van der Waals surface area contributed by atoms with Gasteiger partial charge in [-0.05, 0) is 31.1 Å². The molecule has 2 N–H and O–H groups in total. The van der Waals surface area contributed by atoms with Crippen LogP contribution in [0.1, 0.15) is 65.2 Å². The third-order valence-electron chi connectivity index (χ3n) is 3.49. The summed E-state index contributed by atoms with van der Waals surface area (Å²) in [6.07, 6.45) is 7.64. The van der Waals surface area contributed by atoms with E-state index in [0.29, 0.717) is 18.3 Å². The fourth-order valence-corrected chi connectivity index (χ4v) is 2.21. The van der Waals surface area contributed by atoms with Crippen LogP contribution in [0.25, 0.3) is 0 Å². The van der Waals surface area contributed by atoms with Gasteiger partial charge in [0.15, 0.2) is 0 Å². The molecule has 102 valence electrons.